The van der Waals surface area contributed by atoms with Crippen LogP contribution in [0.5, 0.6) is 0 Å². The average Bonchev–Trinajstić information content (AvgIpc) is 2.01. The van der Waals surface area contributed by atoms with Crippen molar-refractivity contribution in [3.63, 3.8) is 0 Å². The van der Waals surface area contributed by atoms with Gasteiger partial charge in [-0.2, -0.15) is 6.42 Å². The molecule has 63 valence electrons. The van der Waals surface area contributed by atoms with Gasteiger partial charge in [0.15, 0.2) is 0 Å². The van der Waals surface area contributed by atoms with Crippen LogP contribution in [0, 0.1) is 6.92 Å². The molecule has 0 aliphatic heterocycles. The Morgan fingerprint density at radius 3 is 3.00 bits per heavy atom. The molecule has 5 heteroatoms. The number of rotatable bonds is 3. The van der Waals surface area contributed by atoms with Crippen molar-refractivity contribution in [3.05, 3.63) is 29.7 Å². The molecule has 0 amide bonds. The Morgan fingerprint density at radius 2 is 2.42 bits per heavy atom. The van der Waals surface area contributed by atoms with E-state index in [2.05, 4.69) is 22.2 Å². The molecule has 0 aromatic carbocycles. The van der Waals surface area contributed by atoms with Crippen LogP contribution in [-0.2, 0) is 32.7 Å². The maximum Gasteiger partial charge on any atom is 0.346 e. The molecule has 1 radical (unpaired) electrons. The minimum absolute atomic E-state index is 0. The van der Waals surface area contributed by atoms with Gasteiger partial charge >= 0.3 is 5.69 Å². The van der Waals surface area contributed by atoms with E-state index in [1.54, 1.807) is 6.07 Å². The van der Waals surface area contributed by atoms with Crippen LogP contribution in [0.4, 0.5) is 5.82 Å². The Labute approximate surface area is 96.1 Å². The van der Waals surface area contributed by atoms with Crippen LogP contribution < -0.4 is 11.0 Å². The summed E-state index contributed by atoms with van der Waals surface area (Å²) < 4.78 is 0. The first-order valence-corrected chi connectivity index (χ1v) is 3.41. The first kappa shape index (κ1) is 11.8. The minimum Gasteiger partial charge on any atom is -0.374 e. The monoisotopic (exact) mass is 241 g/mol. The molecule has 4 nitrogen and oxygen atoms in total. The second-order valence-electron chi connectivity index (χ2n) is 2.07. The molecule has 1 heterocycles. The molecular formula is C7H10N3OY-. The van der Waals surface area contributed by atoms with Gasteiger partial charge in [-0.25, -0.2) is 9.78 Å². The molecule has 0 spiro atoms. The molecule has 0 saturated carbocycles. The molecular weight excluding hydrogens is 231 g/mol. The first-order valence-electron chi connectivity index (χ1n) is 3.41. The van der Waals surface area contributed by atoms with E-state index < -0.39 is 0 Å². The molecule has 0 fully saturated rings. The Hall–Kier alpha value is -0.216. The van der Waals surface area contributed by atoms with Gasteiger partial charge in [-0.1, -0.05) is 0 Å². The van der Waals surface area contributed by atoms with Crippen molar-refractivity contribution in [2.24, 2.45) is 0 Å². The zero-order valence-electron chi connectivity index (χ0n) is 6.71. The molecule has 1 rings (SSSR count). The predicted octanol–water partition coefficient (Wildman–Crippen LogP) is 0.403. The maximum absolute atomic E-state index is 10.6. The molecule has 0 aliphatic rings. The van der Waals surface area contributed by atoms with E-state index in [0.717, 1.165) is 13.0 Å². The Bertz CT molecular complexity index is 273. The number of anilines is 1. The van der Waals surface area contributed by atoms with Crippen LogP contribution in [-0.4, -0.2) is 16.5 Å². The van der Waals surface area contributed by atoms with Crippen molar-refractivity contribution in [1.29, 1.82) is 0 Å². The van der Waals surface area contributed by atoms with Gasteiger partial charge in [-0.3, -0.25) is 4.98 Å². The summed E-state index contributed by atoms with van der Waals surface area (Å²) in [5.74, 6) is 0.689. The number of aromatic nitrogens is 2. The van der Waals surface area contributed by atoms with E-state index in [4.69, 9.17) is 0 Å². The smallest absolute Gasteiger partial charge is 0.346 e. The molecule has 0 unspecified atom stereocenters. The van der Waals surface area contributed by atoms with Crippen molar-refractivity contribution >= 4 is 5.82 Å². The summed E-state index contributed by atoms with van der Waals surface area (Å²) in [4.78, 5) is 16.6. The van der Waals surface area contributed by atoms with Gasteiger partial charge in [0.2, 0.25) is 0 Å². The first-order chi connectivity index (χ1) is 5.33. The summed E-state index contributed by atoms with van der Waals surface area (Å²) in [5, 5.41) is 2.98. The molecule has 1 aromatic rings. The number of aromatic amines is 1. The molecule has 0 bridgehead atoms. The van der Waals surface area contributed by atoms with Gasteiger partial charge in [-0.05, 0) is 12.6 Å². The number of hydrogen-bond donors (Lipinski definition) is 2. The van der Waals surface area contributed by atoms with Gasteiger partial charge in [0.25, 0.3) is 0 Å². The summed E-state index contributed by atoms with van der Waals surface area (Å²) in [5.41, 5.74) is -0.334. The summed E-state index contributed by atoms with van der Waals surface area (Å²) in [6.07, 6.45) is 2.24. The predicted molar refractivity (Wildman–Crippen MR) is 43.3 cm³/mol. The van der Waals surface area contributed by atoms with Crippen LogP contribution in [0.1, 0.15) is 6.42 Å². The quantitative estimate of drug-likeness (QED) is 0.753. The second kappa shape index (κ2) is 6.32. The van der Waals surface area contributed by atoms with Crippen LogP contribution in [0.25, 0.3) is 0 Å². The average molecular weight is 241 g/mol. The molecule has 2 N–H and O–H groups in total. The SMILES string of the molecule is [CH2-]CCNc1ccnc(=O)[nH]1.[Y]. The fourth-order valence-corrected chi connectivity index (χ4v) is 0.695. The van der Waals surface area contributed by atoms with Gasteiger partial charge in [0.1, 0.15) is 5.82 Å². The van der Waals surface area contributed by atoms with E-state index in [0.29, 0.717) is 5.82 Å². The zero-order valence-corrected chi connectivity index (χ0v) is 9.55. The fraction of sp³-hybridized carbons (Fsp3) is 0.286. The number of nitrogens with zero attached hydrogens (tertiary/aromatic N) is 1. The third-order valence-electron chi connectivity index (χ3n) is 1.17. The summed E-state index contributed by atoms with van der Waals surface area (Å²) in [7, 11) is 0. The van der Waals surface area contributed by atoms with Crippen molar-refractivity contribution in [2.45, 2.75) is 6.42 Å². The summed E-state index contributed by atoms with van der Waals surface area (Å²) in [6.45, 7) is 4.40. The molecule has 0 aliphatic carbocycles. The van der Waals surface area contributed by atoms with Gasteiger partial charge in [0, 0.05) is 38.9 Å². The maximum atomic E-state index is 10.6. The van der Waals surface area contributed by atoms with E-state index in [9.17, 15) is 4.79 Å². The van der Waals surface area contributed by atoms with E-state index in [1.165, 1.54) is 6.20 Å². The summed E-state index contributed by atoms with van der Waals surface area (Å²) in [6, 6.07) is 1.71. The number of nitrogens with one attached hydrogen (secondary N) is 2. The Morgan fingerprint density at radius 1 is 1.67 bits per heavy atom. The van der Waals surface area contributed by atoms with Crippen molar-refractivity contribution < 1.29 is 32.7 Å². The van der Waals surface area contributed by atoms with Crippen molar-refractivity contribution in [2.75, 3.05) is 11.9 Å². The Kier molecular flexibility index (Phi) is 6.20. The minimum atomic E-state index is -0.334. The van der Waals surface area contributed by atoms with Gasteiger partial charge < -0.3 is 12.2 Å². The molecule has 0 saturated heterocycles. The zero-order chi connectivity index (χ0) is 8.10. The second-order valence-corrected chi connectivity index (χ2v) is 2.07. The number of H-pyrrole nitrogens is 1. The standard InChI is InChI=1S/C7H10N3O.Y/c1-2-4-8-6-3-5-9-7(11)10-6;/h3,5H,1-2,4H2,(H2,8,9,10,11);/q-1;. The fourth-order valence-electron chi connectivity index (χ4n) is 0.695. The topological polar surface area (TPSA) is 57.8 Å². The molecule has 12 heavy (non-hydrogen) atoms. The van der Waals surface area contributed by atoms with Crippen LogP contribution in [0.15, 0.2) is 17.1 Å². The van der Waals surface area contributed by atoms with E-state index in [-0.39, 0.29) is 38.4 Å². The van der Waals surface area contributed by atoms with Crippen molar-refractivity contribution in [3.8, 4) is 0 Å². The normalized spacial score (nSPS) is 8.75. The largest absolute Gasteiger partial charge is 0.374 e. The Balaban J connectivity index is 0.00000121. The molecule has 0 atom stereocenters. The number of hydrogen-bond acceptors (Lipinski definition) is 3. The van der Waals surface area contributed by atoms with Crippen molar-refractivity contribution in [1.82, 2.24) is 9.97 Å². The van der Waals surface area contributed by atoms with Crippen LogP contribution in [0.2, 0.25) is 0 Å². The third-order valence-corrected chi connectivity index (χ3v) is 1.17. The summed E-state index contributed by atoms with van der Waals surface area (Å²) >= 11 is 0. The van der Waals surface area contributed by atoms with Crippen LogP contribution >= 0.6 is 0 Å². The van der Waals surface area contributed by atoms with E-state index >= 15 is 0 Å². The van der Waals surface area contributed by atoms with Crippen LogP contribution in [0.3, 0.4) is 0 Å². The van der Waals surface area contributed by atoms with E-state index in [1.807, 2.05) is 0 Å². The van der Waals surface area contributed by atoms with Gasteiger partial charge in [-0.15, -0.1) is 0 Å². The van der Waals surface area contributed by atoms with Gasteiger partial charge in [0.05, 0.1) is 0 Å². The molecule has 1 aromatic heterocycles. The third kappa shape index (κ3) is 3.97.